The van der Waals surface area contributed by atoms with Gasteiger partial charge in [0.05, 0.1) is 0 Å². The third-order valence-electron chi connectivity index (χ3n) is 3.85. The summed E-state index contributed by atoms with van der Waals surface area (Å²) in [5, 5.41) is 2.67. The SMILES string of the molecule is C=CC(=O)OCC1(COC(=O)C(=C)C)CCCCCCCNC(=O)O1. The van der Waals surface area contributed by atoms with Crippen LogP contribution in [0.2, 0.25) is 0 Å². The number of alkyl carbamates (subject to hydrolysis) is 1. The van der Waals surface area contributed by atoms with Gasteiger partial charge in [-0.3, -0.25) is 0 Å². The molecule has 7 nitrogen and oxygen atoms in total. The highest BCUT2D eigenvalue weighted by Crippen LogP contribution is 2.24. The number of cyclic esters (lactones) is 1. The lowest BCUT2D eigenvalue weighted by molar-refractivity contribution is -0.159. The summed E-state index contributed by atoms with van der Waals surface area (Å²) in [6, 6.07) is 0. The van der Waals surface area contributed by atoms with E-state index in [4.69, 9.17) is 14.2 Å². The Balaban J connectivity index is 2.92. The van der Waals surface area contributed by atoms with Crippen LogP contribution in [0.4, 0.5) is 4.79 Å². The van der Waals surface area contributed by atoms with Crippen LogP contribution in [0.5, 0.6) is 0 Å². The number of esters is 2. The van der Waals surface area contributed by atoms with Gasteiger partial charge in [0.15, 0.2) is 5.60 Å². The predicted molar refractivity (Wildman–Crippen MR) is 91.8 cm³/mol. The molecular formula is C18H27NO6. The summed E-state index contributed by atoms with van der Waals surface area (Å²) < 4.78 is 15.8. The Hall–Kier alpha value is -2.31. The molecule has 1 amide bonds. The van der Waals surface area contributed by atoms with Crippen molar-refractivity contribution in [3.8, 4) is 0 Å². The molecule has 1 aliphatic rings. The summed E-state index contributed by atoms with van der Waals surface area (Å²) in [5.41, 5.74) is -1.00. The van der Waals surface area contributed by atoms with Gasteiger partial charge in [-0.05, 0) is 26.2 Å². The fourth-order valence-electron chi connectivity index (χ4n) is 2.40. The van der Waals surface area contributed by atoms with Gasteiger partial charge in [-0.25, -0.2) is 14.4 Å². The van der Waals surface area contributed by atoms with Crippen molar-refractivity contribution < 1.29 is 28.6 Å². The van der Waals surface area contributed by atoms with Crippen molar-refractivity contribution in [3.63, 3.8) is 0 Å². The first kappa shape index (κ1) is 20.7. The van der Waals surface area contributed by atoms with Gasteiger partial charge in [0.2, 0.25) is 0 Å². The lowest BCUT2D eigenvalue weighted by Crippen LogP contribution is -2.47. The number of carbonyl (C=O) groups is 3. The zero-order valence-corrected chi connectivity index (χ0v) is 14.8. The van der Waals surface area contributed by atoms with Crippen molar-refractivity contribution >= 4 is 18.0 Å². The minimum atomic E-state index is -1.24. The van der Waals surface area contributed by atoms with Crippen LogP contribution in [0.1, 0.15) is 45.4 Å². The van der Waals surface area contributed by atoms with Crippen molar-refractivity contribution in [3.05, 3.63) is 24.8 Å². The molecule has 140 valence electrons. The van der Waals surface area contributed by atoms with E-state index in [9.17, 15) is 14.4 Å². The molecule has 1 atom stereocenters. The van der Waals surface area contributed by atoms with Crippen molar-refractivity contribution in [2.24, 2.45) is 0 Å². The van der Waals surface area contributed by atoms with Gasteiger partial charge in [0, 0.05) is 18.2 Å². The topological polar surface area (TPSA) is 90.9 Å². The molecule has 1 fully saturated rings. The van der Waals surface area contributed by atoms with E-state index in [1.54, 1.807) is 0 Å². The first-order valence-electron chi connectivity index (χ1n) is 8.47. The van der Waals surface area contributed by atoms with Crippen LogP contribution in [0.3, 0.4) is 0 Å². The van der Waals surface area contributed by atoms with Gasteiger partial charge >= 0.3 is 18.0 Å². The van der Waals surface area contributed by atoms with E-state index in [1.165, 1.54) is 6.92 Å². The van der Waals surface area contributed by atoms with E-state index >= 15 is 0 Å². The zero-order chi connectivity index (χ0) is 18.7. The molecule has 1 N–H and O–H groups in total. The van der Waals surface area contributed by atoms with Crippen LogP contribution in [-0.2, 0) is 23.8 Å². The summed E-state index contributed by atoms with van der Waals surface area (Å²) >= 11 is 0. The Morgan fingerprint density at radius 3 is 2.52 bits per heavy atom. The number of ether oxygens (including phenoxy) is 3. The number of nitrogens with one attached hydrogen (secondary N) is 1. The first-order valence-corrected chi connectivity index (χ1v) is 8.47. The average Bonchev–Trinajstić information content (AvgIpc) is 2.62. The van der Waals surface area contributed by atoms with E-state index in [2.05, 4.69) is 18.5 Å². The van der Waals surface area contributed by atoms with Crippen LogP contribution in [0.15, 0.2) is 24.8 Å². The predicted octanol–water partition coefficient (Wildman–Crippen LogP) is 2.65. The van der Waals surface area contributed by atoms with Crippen molar-refractivity contribution in [1.82, 2.24) is 5.32 Å². The molecule has 0 spiro atoms. The minimum absolute atomic E-state index is 0.212. The number of carbonyl (C=O) groups excluding carboxylic acids is 3. The molecule has 1 saturated heterocycles. The molecule has 0 aromatic carbocycles. The van der Waals surface area contributed by atoms with Gasteiger partial charge in [-0.15, -0.1) is 0 Å². The highest BCUT2D eigenvalue weighted by molar-refractivity contribution is 5.87. The summed E-state index contributed by atoms with van der Waals surface area (Å²) in [6.45, 7) is 8.47. The Labute approximate surface area is 148 Å². The highest BCUT2D eigenvalue weighted by Gasteiger charge is 2.38. The molecule has 0 radical (unpaired) electrons. The molecule has 0 aromatic rings. The smallest absolute Gasteiger partial charge is 0.407 e. The minimum Gasteiger partial charge on any atom is -0.458 e. The van der Waals surface area contributed by atoms with Crippen molar-refractivity contribution in [1.29, 1.82) is 0 Å². The lowest BCUT2D eigenvalue weighted by atomic mass is 9.96. The Morgan fingerprint density at radius 2 is 1.84 bits per heavy atom. The maximum atomic E-state index is 12.1. The molecule has 1 heterocycles. The van der Waals surface area contributed by atoms with Crippen LogP contribution in [0.25, 0.3) is 0 Å². The molecule has 0 aliphatic carbocycles. The van der Waals surface area contributed by atoms with Gasteiger partial charge in [0.1, 0.15) is 13.2 Å². The summed E-state index contributed by atoms with van der Waals surface area (Å²) in [7, 11) is 0. The van der Waals surface area contributed by atoms with Crippen LogP contribution in [-0.4, -0.2) is 43.4 Å². The number of hydrogen-bond acceptors (Lipinski definition) is 6. The monoisotopic (exact) mass is 353 g/mol. The van der Waals surface area contributed by atoms with Gasteiger partial charge in [-0.1, -0.05) is 32.4 Å². The second kappa shape index (κ2) is 10.5. The summed E-state index contributed by atoms with van der Waals surface area (Å²) in [5.74, 6) is -1.23. The lowest BCUT2D eigenvalue weighted by Gasteiger charge is -2.32. The van der Waals surface area contributed by atoms with E-state index < -0.39 is 23.6 Å². The third kappa shape index (κ3) is 7.87. The fraction of sp³-hybridized carbons (Fsp3) is 0.611. The number of rotatable bonds is 6. The molecule has 1 aliphatic heterocycles. The molecule has 0 bridgehead atoms. The van der Waals surface area contributed by atoms with E-state index in [0.29, 0.717) is 13.0 Å². The molecule has 1 unspecified atom stereocenters. The van der Waals surface area contributed by atoms with Gasteiger partial charge in [0.25, 0.3) is 0 Å². The highest BCUT2D eigenvalue weighted by atomic mass is 16.6. The number of amides is 1. The Bertz CT molecular complexity index is 516. The Kier molecular flexibility index (Phi) is 8.74. The zero-order valence-electron chi connectivity index (χ0n) is 14.8. The quantitative estimate of drug-likeness (QED) is 0.448. The maximum absolute atomic E-state index is 12.1. The molecule has 7 heteroatoms. The van der Waals surface area contributed by atoms with E-state index in [1.807, 2.05) is 0 Å². The molecule has 0 aromatic heterocycles. The molecule has 0 saturated carbocycles. The van der Waals surface area contributed by atoms with Gasteiger partial charge < -0.3 is 19.5 Å². The second-order valence-corrected chi connectivity index (χ2v) is 6.19. The van der Waals surface area contributed by atoms with Crippen LogP contribution < -0.4 is 5.32 Å². The van der Waals surface area contributed by atoms with E-state index in [-0.39, 0.29) is 18.8 Å². The van der Waals surface area contributed by atoms with Crippen molar-refractivity contribution in [2.75, 3.05) is 19.8 Å². The maximum Gasteiger partial charge on any atom is 0.407 e. The average molecular weight is 353 g/mol. The normalized spacial score (nSPS) is 21.7. The van der Waals surface area contributed by atoms with Gasteiger partial charge in [-0.2, -0.15) is 0 Å². The van der Waals surface area contributed by atoms with E-state index in [0.717, 1.165) is 38.2 Å². The Morgan fingerprint density at radius 1 is 1.20 bits per heavy atom. The molecule has 25 heavy (non-hydrogen) atoms. The van der Waals surface area contributed by atoms with Crippen molar-refractivity contribution in [2.45, 2.75) is 51.0 Å². The van der Waals surface area contributed by atoms with Crippen LogP contribution in [0, 0.1) is 0 Å². The van der Waals surface area contributed by atoms with Crippen LogP contribution >= 0.6 is 0 Å². The second-order valence-electron chi connectivity index (χ2n) is 6.19. The third-order valence-corrected chi connectivity index (χ3v) is 3.85. The summed E-state index contributed by atoms with van der Waals surface area (Å²) in [4.78, 5) is 35.2. The standard InChI is InChI=1S/C18H27NO6/c1-4-15(20)23-12-18(13-24-16(21)14(2)3)10-8-6-5-7-9-11-19-17(22)25-18/h4H,1-2,5-13H2,3H3,(H,19,22). The summed E-state index contributed by atoms with van der Waals surface area (Å²) in [6.07, 6.45) is 5.44. The number of hydrogen-bond donors (Lipinski definition) is 1. The largest absolute Gasteiger partial charge is 0.458 e. The fourth-order valence-corrected chi connectivity index (χ4v) is 2.40. The molecule has 1 rings (SSSR count). The molecular weight excluding hydrogens is 326 g/mol. The first-order chi connectivity index (χ1) is 11.9.